The number of amides is 2. The fraction of sp³-hybridized carbons (Fsp3) is 0.594. The summed E-state index contributed by atoms with van der Waals surface area (Å²) in [5.74, 6) is -2.02. The van der Waals surface area contributed by atoms with E-state index < -0.39 is 22.6 Å². The van der Waals surface area contributed by atoms with Gasteiger partial charge in [0, 0.05) is 54.2 Å². The smallest absolute Gasteiger partial charge is 0.310 e. The van der Waals surface area contributed by atoms with Crippen molar-refractivity contribution in [1.82, 2.24) is 4.90 Å². The molecule has 3 saturated heterocycles. The predicted octanol–water partition coefficient (Wildman–Crippen LogP) is 4.80. The molecule has 0 aromatic heterocycles. The van der Waals surface area contributed by atoms with Crippen LogP contribution in [0.2, 0.25) is 0 Å². The van der Waals surface area contributed by atoms with Gasteiger partial charge in [0.15, 0.2) is 0 Å². The van der Waals surface area contributed by atoms with Crippen LogP contribution >= 0.6 is 27.7 Å². The Balaban J connectivity index is 1.66. The molecule has 2 amide bonds. The standard InChI is InChI=1S/C32H44BrN3O5S/c1-5-9-10-11-20-41-31(40)25-26-29(38)36(18-12-19-37)28(32(26)21-24(33)27(25)42-32)30(39)35(17-6-2)23-15-13-22(14-16-23)34(7-3)8-4/h5-6,13-16,24-28,37H,1-2,7-12,17-21H2,3-4H3/t24?,25-,26+,27-,28?,32?/m1/s1. The molecule has 1 spiro atoms. The molecule has 3 heterocycles. The number of rotatable bonds is 16. The first kappa shape index (κ1) is 32.6. The van der Waals surface area contributed by atoms with E-state index in [9.17, 15) is 19.5 Å². The number of likely N-dealkylation sites (tertiary alicyclic amines) is 1. The number of hydrogen-bond donors (Lipinski definition) is 1. The maximum Gasteiger partial charge on any atom is 0.310 e. The Morgan fingerprint density at radius 2 is 1.83 bits per heavy atom. The molecule has 8 nitrogen and oxygen atoms in total. The molecule has 0 aliphatic carbocycles. The molecule has 42 heavy (non-hydrogen) atoms. The number of aliphatic hydroxyl groups excluding tert-OH is 1. The maximum absolute atomic E-state index is 14.6. The second-order valence-corrected chi connectivity index (χ2v) is 13.9. The number of ether oxygens (including phenoxy) is 1. The molecule has 6 atom stereocenters. The molecule has 3 aliphatic heterocycles. The highest BCUT2D eigenvalue weighted by Gasteiger charge is 2.76. The minimum Gasteiger partial charge on any atom is -0.465 e. The Morgan fingerprint density at radius 1 is 1.14 bits per heavy atom. The summed E-state index contributed by atoms with van der Waals surface area (Å²) in [6.45, 7) is 14.3. The number of anilines is 2. The van der Waals surface area contributed by atoms with Crippen LogP contribution in [0.3, 0.4) is 0 Å². The quantitative estimate of drug-likeness (QED) is 0.118. The highest BCUT2D eigenvalue weighted by molar-refractivity contribution is 9.09. The average Bonchev–Trinajstić information content (AvgIpc) is 3.58. The van der Waals surface area contributed by atoms with Crippen LogP contribution in [0.1, 0.15) is 46.0 Å². The van der Waals surface area contributed by atoms with Gasteiger partial charge >= 0.3 is 5.97 Å². The fourth-order valence-corrected chi connectivity index (χ4v) is 10.4. The molecule has 3 aliphatic rings. The monoisotopic (exact) mass is 661 g/mol. The molecule has 0 saturated carbocycles. The summed E-state index contributed by atoms with van der Waals surface area (Å²) in [5, 5.41) is 9.49. The van der Waals surface area contributed by atoms with Crippen molar-refractivity contribution in [2.75, 3.05) is 49.2 Å². The third kappa shape index (κ3) is 6.04. The molecule has 1 aromatic rings. The summed E-state index contributed by atoms with van der Waals surface area (Å²) in [4.78, 5) is 47.8. The first-order valence-electron chi connectivity index (χ1n) is 15.1. The summed E-state index contributed by atoms with van der Waals surface area (Å²) < 4.78 is 4.94. The van der Waals surface area contributed by atoms with E-state index in [0.717, 1.165) is 43.7 Å². The minimum absolute atomic E-state index is 0.0285. The van der Waals surface area contributed by atoms with E-state index in [1.54, 1.807) is 27.6 Å². The molecular weight excluding hydrogens is 618 g/mol. The fourth-order valence-electron chi connectivity index (χ4n) is 6.85. The summed E-state index contributed by atoms with van der Waals surface area (Å²) in [5.41, 5.74) is 1.81. The van der Waals surface area contributed by atoms with Gasteiger partial charge in [-0.2, -0.15) is 0 Å². The Labute approximate surface area is 262 Å². The summed E-state index contributed by atoms with van der Waals surface area (Å²) >= 11 is 5.40. The van der Waals surface area contributed by atoms with Gasteiger partial charge < -0.3 is 24.5 Å². The third-order valence-corrected chi connectivity index (χ3v) is 12.0. The van der Waals surface area contributed by atoms with Crippen LogP contribution in [-0.4, -0.2) is 88.0 Å². The van der Waals surface area contributed by atoms with Crippen LogP contribution in [-0.2, 0) is 19.1 Å². The van der Waals surface area contributed by atoms with E-state index in [1.807, 2.05) is 30.3 Å². The average molecular weight is 663 g/mol. The number of halogens is 1. The van der Waals surface area contributed by atoms with Gasteiger partial charge in [0.2, 0.25) is 5.91 Å². The second kappa shape index (κ2) is 14.4. The number of alkyl halides is 1. The van der Waals surface area contributed by atoms with Crippen molar-refractivity contribution in [1.29, 1.82) is 0 Å². The zero-order valence-electron chi connectivity index (χ0n) is 24.8. The zero-order valence-corrected chi connectivity index (χ0v) is 27.2. The Morgan fingerprint density at radius 3 is 2.45 bits per heavy atom. The zero-order chi connectivity index (χ0) is 30.4. The van der Waals surface area contributed by atoms with Crippen molar-refractivity contribution in [3.05, 3.63) is 49.6 Å². The number of fused-ring (bicyclic) bond motifs is 1. The SMILES string of the molecule is C=CCCCCOC(=O)[C@H]1[C@@H]2SC3(CC2Br)C(C(=O)N(CC=C)c2ccc(N(CC)CC)cc2)N(CCCO)C(=O)[C@H]13. The van der Waals surface area contributed by atoms with E-state index in [4.69, 9.17) is 4.74 Å². The number of aliphatic hydroxyl groups is 1. The number of benzene rings is 1. The largest absolute Gasteiger partial charge is 0.465 e. The highest BCUT2D eigenvalue weighted by atomic mass is 79.9. The number of thioether (sulfide) groups is 1. The van der Waals surface area contributed by atoms with E-state index in [2.05, 4.69) is 47.8 Å². The van der Waals surface area contributed by atoms with Crippen LogP contribution in [0.15, 0.2) is 49.6 Å². The molecule has 3 unspecified atom stereocenters. The maximum atomic E-state index is 14.6. The van der Waals surface area contributed by atoms with Gasteiger partial charge in [-0.05, 0) is 70.2 Å². The molecule has 3 fully saturated rings. The molecule has 4 rings (SSSR count). The van der Waals surface area contributed by atoms with Gasteiger partial charge in [0.1, 0.15) is 6.04 Å². The molecule has 2 bridgehead atoms. The molecule has 10 heteroatoms. The van der Waals surface area contributed by atoms with E-state index in [-0.39, 0.29) is 47.6 Å². The Bertz CT molecular complexity index is 1150. The highest BCUT2D eigenvalue weighted by Crippen LogP contribution is 2.68. The van der Waals surface area contributed by atoms with Crippen LogP contribution in [0.4, 0.5) is 11.4 Å². The van der Waals surface area contributed by atoms with Gasteiger partial charge in [-0.25, -0.2) is 0 Å². The summed E-state index contributed by atoms with van der Waals surface area (Å²) in [6, 6.07) is 7.14. The van der Waals surface area contributed by atoms with Crippen molar-refractivity contribution < 1.29 is 24.2 Å². The molecule has 230 valence electrons. The normalized spacial score (nSPS) is 27.6. The van der Waals surface area contributed by atoms with Crippen LogP contribution in [0.5, 0.6) is 0 Å². The summed E-state index contributed by atoms with van der Waals surface area (Å²) in [7, 11) is 0. The lowest BCUT2D eigenvalue weighted by atomic mass is 9.71. The van der Waals surface area contributed by atoms with Crippen molar-refractivity contribution in [2.45, 2.75) is 66.8 Å². The van der Waals surface area contributed by atoms with Gasteiger partial charge in [0.25, 0.3) is 5.91 Å². The third-order valence-electron chi connectivity index (χ3n) is 8.77. The van der Waals surface area contributed by atoms with Gasteiger partial charge in [-0.15, -0.1) is 24.9 Å². The van der Waals surface area contributed by atoms with E-state index in [0.29, 0.717) is 19.4 Å². The number of hydrogen-bond acceptors (Lipinski definition) is 7. The number of unbranched alkanes of at least 4 members (excludes halogenated alkanes) is 2. The number of carbonyl (C=O) groups excluding carboxylic acids is 3. The van der Waals surface area contributed by atoms with Crippen LogP contribution in [0.25, 0.3) is 0 Å². The number of nitrogens with zero attached hydrogens (tertiary/aromatic N) is 3. The number of allylic oxidation sites excluding steroid dienone is 1. The van der Waals surface area contributed by atoms with Crippen molar-refractivity contribution >= 4 is 56.9 Å². The lowest BCUT2D eigenvalue weighted by Gasteiger charge is -2.38. The number of esters is 1. The first-order chi connectivity index (χ1) is 20.3. The predicted molar refractivity (Wildman–Crippen MR) is 173 cm³/mol. The van der Waals surface area contributed by atoms with Crippen molar-refractivity contribution in [3.63, 3.8) is 0 Å². The first-order valence-corrected chi connectivity index (χ1v) is 16.9. The van der Waals surface area contributed by atoms with E-state index >= 15 is 0 Å². The minimum atomic E-state index is -0.774. The lowest BCUT2D eigenvalue weighted by Crippen LogP contribution is -2.55. The van der Waals surface area contributed by atoms with E-state index in [1.165, 1.54) is 0 Å². The van der Waals surface area contributed by atoms with Gasteiger partial charge in [-0.3, -0.25) is 14.4 Å². The van der Waals surface area contributed by atoms with Gasteiger partial charge in [0.05, 0.1) is 23.2 Å². The van der Waals surface area contributed by atoms with Crippen LogP contribution in [0, 0.1) is 11.8 Å². The van der Waals surface area contributed by atoms with Gasteiger partial charge in [-0.1, -0.05) is 28.1 Å². The van der Waals surface area contributed by atoms with Crippen molar-refractivity contribution in [3.8, 4) is 0 Å². The van der Waals surface area contributed by atoms with Crippen LogP contribution < -0.4 is 9.80 Å². The van der Waals surface area contributed by atoms with Crippen molar-refractivity contribution in [2.24, 2.45) is 11.8 Å². The molecule has 1 aromatic carbocycles. The topological polar surface area (TPSA) is 90.4 Å². The summed E-state index contributed by atoms with van der Waals surface area (Å²) in [6.07, 6.45) is 6.96. The molecular formula is C32H44BrN3O5S. The second-order valence-electron chi connectivity index (χ2n) is 11.2. The molecule has 1 N–H and O–H groups in total. The number of carbonyl (C=O) groups is 3. The Kier molecular flexibility index (Phi) is 11.2. The molecule has 0 radical (unpaired) electrons. The Hall–Kier alpha value is -2.30. The lowest BCUT2D eigenvalue weighted by molar-refractivity contribution is -0.154.